The van der Waals surface area contributed by atoms with E-state index in [4.69, 9.17) is 16.3 Å². The number of aliphatic hydroxyl groups is 1. The molecule has 1 saturated heterocycles. The zero-order valence-electron chi connectivity index (χ0n) is 17.3. The second-order valence-electron chi connectivity index (χ2n) is 7.85. The Hall–Kier alpha value is -3.09. The molecule has 1 N–H and O–H groups in total. The number of halogens is 1. The van der Waals surface area contributed by atoms with Crippen LogP contribution in [-0.2, 0) is 9.59 Å². The molecule has 0 aliphatic carbocycles. The molecule has 2 aromatic carbocycles. The van der Waals surface area contributed by atoms with Crippen LogP contribution in [-0.4, -0.2) is 66.4 Å². The number of likely N-dealkylation sites (N-methyl/N-ethyl adjacent to an activating group) is 1. The van der Waals surface area contributed by atoms with E-state index in [1.54, 1.807) is 24.3 Å². The van der Waals surface area contributed by atoms with E-state index in [0.29, 0.717) is 23.7 Å². The molecule has 31 heavy (non-hydrogen) atoms. The number of para-hydroxylation sites is 1. The van der Waals surface area contributed by atoms with Crippen LogP contribution in [0.25, 0.3) is 11.8 Å². The van der Waals surface area contributed by atoms with E-state index in [2.05, 4.69) is 0 Å². The average Bonchev–Trinajstić information content (AvgIpc) is 3.02. The van der Waals surface area contributed by atoms with Crippen LogP contribution in [0, 0.1) is 0 Å². The first kappa shape index (κ1) is 21.2. The average molecular weight is 439 g/mol. The highest BCUT2D eigenvalue weighted by Gasteiger charge is 2.47. The lowest BCUT2D eigenvalue weighted by Crippen LogP contribution is -2.41. The fraction of sp³-hybridized carbons (Fsp3) is 0.250. The van der Waals surface area contributed by atoms with Crippen LogP contribution in [0.4, 0.5) is 0 Å². The minimum Gasteiger partial charge on any atom is -0.507 e. The lowest BCUT2D eigenvalue weighted by Gasteiger charge is -2.30. The van der Waals surface area contributed by atoms with Crippen molar-refractivity contribution >= 4 is 35.1 Å². The maximum absolute atomic E-state index is 13.0. The fourth-order valence-corrected chi connectivity index (χ4v) is 3.98. The van der Waals surface area contributed by atoms with Crippen molar-refractivity contribution < 1.29 is 19.4 Å². The van der Waals surface area contributed by atoms with Crippen molar-refractivity contribution in [2.75, 3.05) is 33.8 Å². The Morgan fingerprint density at radius 3 is 2.58 bits per heavy atom. The third-order valence-corrected chi connectivity index (χ3v) is 5.70. The summed E-state index contributed by atoms with van der Waals surface area (Å²) >= 11 is 5.96. The molecular formula is C24H23ClN2O4. The third kappa shape index (κ3) is 4.09. The molecule has 2 aromatic rings. The van der Waals surface area contributed by atoms with Gasteiger partial charge in [-0.1, -0.05) is 29.8 Å². The number of carbonyl (C=O) groups excluding carboxylic acids is 2. The molecule has 7 heteroatoms. The number of nitrogens with zero attached hydrogens (tertiary/aromatic N) is 2. The van der Waals surface area contributed by atoms with Gasteiger partial charge in [-0.05, 0) is 56.1 Å². The summed E-state index contributed by atoms with van der Waals surface area (Å²) in [5.41, 5.74) is 2.11. The molecule has 0 radical (unpaired) electrons. The van der Waals surface area contributed by atoms with Crippen LogP contribution in [0.1, 0.15) is 11.1 Å². The highest BCUT2D eigenvalue weighted by atomic mass is 35.5. The summed E-state index contributed by atoms with van der Waals surface area (Å²) in [5, 5.41) is 11.6. The molecule has 2 aliphatic rings. The summed E-state index contributed by atoms with van der Waals surface area (Å²) < 4.78 is 5.89. The molecule has 0 saturated carbocycles. The van der Waals surface area contributed by atoms with E-state index in [1.165, 1.54) is 4.90 Å². The standard InChI is InChI=1S/C24H23ClN2O4/c1-26(2)11-12-27-21(17-13-16-5-3-4-6-19(16)31-14-17)20(23(29)24(27)30)22(28)15-7-9-18(25)10-8-15/h3-10,13,21,28H,11-12,14H2,1-2H3/t21-/m0/s1. The predicted octanol–water partition coefficient (Wildman–Crippen LogP) is 3.43. The highest BCUT2D eigenvalue weighted by Crippen LogP contribution is 2.37. The zero-order chi connectivity index (χ0) is 22.1. The van der Waals surface area contributed by atoms with E-state index in [0.717, 1.165) is 16.9 Å². The number of fused-ring (bicyclic) bond motifs is 1. The topological polar surface area (TPSA) is 70.1 Å². The minimum absolute atomic E-state index is 0.0697. The molecule has 1 amide bonds. The number of aliphatic hydroxyl groups excluding tert-OH is 1. The Balaban J connectivity index is 1.83. The van der Waals surface area contributed by atoms with E-state index in [-0.39, 0.29) is 17.9 Å². The van der Waals surface area contributed by atoms with Gasteiger partial charge in [-0.25, -0.2) is 0 Å². The molecule has 0 spiro atoms. The van der Waals surface area contributed by atoms with Gasteiger partial charge in [-0.15, -0.1) is 0 Å². The van der Waals surface area contributed by atoms with Gasteiger partial charge < -0.3 is 19.6 Å². The van der Waals surface area contributed by atoms with Gasteiger partial charge in [0.1, 0.15) is 18.1 Å². The van der Waals surface area contributed by atoms with Gasteiger partial charge in [0.15, 0.2) is 0 Å². The van der Waals surface area contributed by atoms with E-state index < -0.39 is 17.7 Å². The first-order chi connectivity index (χ1) is 14.9. The Bertz CT molecular complexity index is 1090. The second-order valence-corrected chi connectivity index (χ2v) is 8.28. The van der Waals surface area contributed by atoms with Crippen molar-refractivity contribution in [1.29, 1.82) is 0 Å². The van der Waals surface area contributed by atoms with Gasteiger partial charge >= 0.3 is 0 Å². The molecular weight excluding hydrogens is 416 g/mol. The number of ether oxygens (including phenoxy) is 1. The van der Waals surface area contributed by atoms with Crippen molar-refractivity contribution in [2.45, 2.75) is 6.04 Å². The molecule has 0 unspecified atom stereocenters. The van der Waals surface area contributed by atoms with Crippen molar-refractivity contribution in [1.82, 2.24) is 9.80 Å². The summed E-state index contributed by atoms with van der Waals surface area (Å²) in [5.74, 6) is -0.792. The highest BCUT2D eigenvalue weighted by molar-refractivity contribution is 6.47. The number of hydrogen-bond acceptors (Lipinski definition) is 5. The van der Waals surface area contributed by atoms with E-state index in [1.807, 2.05) is 49.3 Å². The van der Waals surface area contributed by atoms with Gasteiger partial charge in [0.25, 0.3) is 11.7 Å². The van der Waals surface area contributed by atoms with E-state index >= 15 is 0 Å². The summed E-state index contributed by atoms with van der Waals surface area (Å²) in [4.78, 5) is 29.4. The molecule has 6 nitrogen and oxygen atoms in total. The third-order valence-electron chi connectivity index (χ3n) is 5.45. The summed E-state index contributed by atoms with van der Waals surface area (Å²) in [7, 11) is 3.80. The van der Waals surface area contributed by atoms with Crippen molar-refractivity contribution in [3.05, 3.63) is 75.8 Å². The predicted molar refractivity (Wildman–Crippen MR) is 120 cm³/mol. The molecule has 160 valence electrons. The van der Waals surface area contributed by atoms with Gasteiger partial charge in [-0.3, -0.25) is 9.59 Å². The summed E-state index contributed by atoms with van der Waals surface area (Å²) in [6, 6.07) is 13.4. The van der Waals surface area contributed by atoms with E-state index in [9.17, 15) is 14.7 Å². The van der Waals surface area contributed by atoms with Crippen LogP contribution in [0.2, 0.25) is 5.02 Å². The molecule has 0 bridgehead atoms. The van der Waals surface area contributed by atoms with Gasteiger partial charge in [0.2, 0.25) is 0 Å². The number of ketones is 1. The Kier molecular flexibility index (Phi) is 5.85. The molecule has 1 atom stereocenters. The number of likely N-dealkylation sites (tertiary alicyclic amines) is 1. The molecule has 0 aromatic heterocycles. The van der Waals surface area contributed by atoms with Gasteiger partial charge in [-0.2, -0.15) is 0 Å². The maximum Gasteiger partial charge on any atom is 0.295 e. The number of benzene rings is 2. The summed E-state index contributed by atoms with van der Waals surface area (Å²) in [6.07, 6.45) is 1.94. The first-order valence-electron chi connectivity index (χ1n) is 9.98. The molecule has 1 fully saturated rings. The van der Waals surface area contributed by atoms with Gasteiger partial charge in [0, 0.05) is 29.2 Å². The van der Waals surface area contributed by atoms with Crippen LogP contribution in [0.5, 0.6) is 5.75 Å². The SMILES string of the molecule is CN(C)CCN1C(=O)C(=O)C(=C(O)c2ccc(Cl)cc2)[C@@H]1C1=Cc2ccccc2OC1. The van der Waals surface area contributed by atoms with Crippen molar-refractivity contribution in [3.63, 3.8) is 0 Å². The first-order valence-corrected chi connectivity index (χ1v) is 10.4. The number of amides is 1. The fourth-order valence-electron chi connectivity index (χ4n) is 3.86. The van der Waals surface area contributed by atoms with Gasteiger partial charge in [0.05, 0.1) is 11.6 Å². The number of rotatable bonds is 5. The maximum atomic E-state index is 13.0. The number of Topliss-reactive ketones (excluding diaryl/α,β-unsaturated/α-hetero) is 1. The second kappa shape index (κ2) is 8.57. The monoisotopic (exact) mass is 438 g/mol. The lowest BCUT2D eigenvalue weighted by atomic mass is 9.93. The Morgan fingerprint density at radius 1 is 1.16 bits per heavy atom. The zero-order valence-corrected chi connectivity index (χ0v) is 18.1. The van der Waals surface area contributed by atoms with Crippen LogP contribution in [0.15, 0.2) is 59.7 Å². The number of hydrogen-bond donors (Lipinski definition) is 1. The van der Waals surface area contributed by atoms with Crippen LogP contribution in [0.3, 0.4) is 0 Å². The lowest BCUT2D eigenvalue weighted by molar-refractivity contribution is -0.139. The number of carbonyl (C=O) groups is 2. The minimum atomic E-state index is -0.705. The smallest absolute Gasteiger partial charge is 0.295 e. The van der Waals surface area contributed by atoms with Crippen LogP contribution < -0.4 is 4.74 Å². The Labute approximate surface area is 186 Å². The Morgan fingerprint density at radius 2 is 1.87 bits per heavy atom. The molecule has 4 rings (SSSR count). The van der Waals surface area contributed by atoms with Crippen LogP contribution >= 0.6 is 11.6 Å². The molecule has 2 heterocycles. The quantitative estimate of drug-likeness (QED) is 0.440. The van der Waals surface area contributed by atoms with Crippen molar-refractivity contribution in [3.8, 4) is 5.75 Å². The largest absolute Gasteiger partial charge is 0.507 e. The summed E-state index contributed by atoms with van der Waals surface area (Å²) in [6.45, 7) is 1.14. The van der Waals surface area contributed by atoms with Crippen molar-refractivity contribution in [2.24, 2.45) is 0 Å². The normalized spacial score (nSPS) is 19.9. The molecule has 2 aliphatic heterocycles.